The number of rotatable bonds is 3. The lowest BCUT2D eigenvalue weighted by atomic mass is 10.1. The molecule has 0 spiro atoms. The first-order chi connectivity index (χ1) is 12.7. The van der Waals surface area contributed by atoms with E-state index in [9.17, 15) is 4.79 Å². The first-order valence-electron chi connectivity index (χ1n) is 9.83. The SMILES string of the molecule is Cc1cc2n(n1)CCN(C(=O)c1ccc(CN3CCCCCC3)cc1)C2. The quantitative estimate of drug-likeness (QED) is 0.852. The zero-order valence-electron chi connectivity index (χ0n) is 15.7. The smallest absolute Gasteiger partial charge is 0.254 e. The van der Waals surface area contributed by atoms with Crippen molar-refractivity contribution in [3.05, 3.63) is 52.8 Å². The van der Waals surface area contributed by atoms with E-state index < -0.39 is 0 Å². The van der Waals surface area contributed by atoms with Crippen LogP contribution < -0.4 is 0 Å². The predicted octanol–water partition coefficient (Wildman–Crippen LogP) is 3.22. The number of hydrogen-bond donors (Lipinski definition) is 0. The van der Waals surface area contributed by atoms with Crippen LogP contribution in [-0.4, -0.2) is 45.1 Å². The predicted molar refractivity (Wildman–Crippen MR) is 102 cm³/mol. The summed E-state index contributed by atoms with van der Waals surface area (Å²) >= 11 is 0. The van der Waals surface area contributed by atoms with Crippen LogP contribution in [-0.2, 0) is 19.6 Å². The highest BCUT2D eigenvalue weighted by atomic mass is 16.2. The summed E-state index contributed by atoms with van der Waals surface area (Å²) in [5.41, 5.74) is 4.23. The molecule has 3 heterocycles. The van der Waals surface area contributed by atoms with Crippen LogP contribution in [0, 0.1) is 6.92 Å². The minimum Gasteiger partial charge on any atom is -0.331 e. The summed E-state index contributed by atoms with van der Waals surface area (Å²) in [6.45, 7) is 7.54. The summed E-state index contributed by atoms with van der Waals surface area (Å²) in [6, 6.07) is 10.3. The van der Waals surface area contributed by atoms with E-state index in [0.717, 1.165) is 36.6 Å². The number of aryl methyl sites for hydroxylation is 1. The van der Waals surface area contributed by atoms with Gasteiger partial charge in [0.15, 0.2) is 0 Å². The van der Waals surface area contributed by atoms with Gasteiger partial charge in [0.05, 0.1) is 24.5 Å². The zero-order valence-corrected chi connectivity index (χ0v) is 15.7. The normalized spacial score (nSPS) is 18.4. The summed E-state index contributed by atoms with van der Waals surface area (Å²) in [5.74, 6) is 0.122. The van der Waals surface area contributed by atoms with Gasteiger partial charge >= 0.3 is 0 Å². The van der Waals surface area contributed by atoms with Crippen LogP contribution >= 0.6 is 0 Å². The average Bonchev–Trinajstić information content (AvgIpc) is 2.84. The third kappa shape index (κ3) is 3.83. The number of nitrogens with zero attached hydrogens (tertiary/aromatic N) is 4. The number of aromatic nitrogens is 2. The van der Waals surface area contributed by atoms with Crippen LogP contribution in [0.1, 0.15) is 53.0 Å². The van der Waals surface area contributed by atoms with Crippen molar-refractivity contribution in [1.29, 1.82) is 0 Å². The molecule has 138 valence electrons. The number of amides is 1. The first-order valence-corrected chi connectivity index (χ1v) is 9.83. The van der Waals surface area contributed by atoms with Gasteiger partial charge in [-0.1, -0.05) is 25.0 Å². The Hall–Kier alpha value is -2.14. The van der Waals surface area contributed by atoms with Gasteiger partial charge in [-0.15, -0.1) is 0 Å². The zero-order chi connectivity index (χ0) is 17.9. The maximum atomic E-state index is 12.8. The van der Waals surface area contributed by atoms with Crippen LogP contribution in [0.5, 0.6) is 0 Å². The van der Waals surface area contributed by atoms with Crippen molar-refractivity contribution in [2.75, 3.05) is 19.6 Å². The molecule has 0 aliphatic carbocycles. The van der Waals surface area contributed by atoms with Gasteiger partial charge < -0.3 is 4.90 Å². The summed E-state index contributed by atoms with van der Waals surface area (Å²) in [4.78, 5) is 17.3. The Kier molecular flexibility index (Phi) is 5.07. The first kappa shape index (κ1) is 17.3. The van der Waals surface area contributed by atoms with Gasteiger partial charge in [0, 0.05) is 18.7 Å². The minimum absolute atomic E-state index is 0.122. The molecule has 0 atom stereocenters. The van der Waals surface area contributed by atoms with Crippen molar-refractivity contribution in [1.82, 2.24) is 19.6 Å². The second-order valence-corrected chi connectivity index (χ2v) is 7.61. The monoisotopic (exact) mass is 352 g/mol. The molecule has 1 aromatic heterocycles. The highest BCUT2D eigenvalue weighted by Gasteiger charge is 2.22. The lowest BCUT2D eigenvalue weighted by Crippen LogP contribution is -2.38. The van der Waals surface area contributed by atoms with Crippen molar-refractivity contribution in [2.24, 2.45) is 0 Å². The number of fused-ring (bicyclic) bond motifs is 1. The van der Waals surface area contributed by atoms with Gasteiger partial charge in [-0.25, -0.2) is 0 Å². The van der Waals surface area contributed by atoms with Gasteiger partial charge in [0.25, 0.3) is 5.91 Å². The topological polar surface area (TPSA) is 41.4 Å². The molecule has 0 saturated carbocycles. The lowest BCUT2D eigenvalue weighted by Gasteiger charge is -2.28. The van der Waals surface area contributed by atoms with Crippen molar-refractivity contribution >= 4 is 5.91 Å². The van der Waals surface area contributed by atoms with Crippen molar-refractivity contribution in [3.63, 3.8) is 0 Å². The molecule has 5 heteroatoms. The fourth-order valence-corrected chi connectivity index (χ4v) is 4.07. The summed E-state index contributed by atoms with van der Waals surface area (Å²) in [6.07, 6.45) is 5.33. The molecule has 2 aromatic rings. The maximum absolute atomic E-state index is 12.8. The molecule has 2 aliphatic heterocycles. The fourth-order valence-electron chi connectivity index (χ4n) is 4.07. The number of carbonyl (C=O) groups excluding carboxylic acids is 1. The number of likely N-dealkylation sites (tertiary alicyclic amines) is 1. The Morgan fingerprint density at radius 1 is 1.00 bits per heavy atom. The molecule has 5 nitrogen and oxygen atoms in total. The fraction of sp³-hybridized carbons (Fsp3) is 0.524. The van der Waals surface area contributed by atoms with Gasteiger partial charge in [-0.2, -0.15) is 5.10 Å². The summed E-state index contributed by atoms with van der Waals surface area (Å²) in [7, 11) is 0. The van der Waals surface area contributed by atoms with E-state index in [1.165, 1.54) is 44.3 Å². The largest absolute Gasteiger partial charge is 0.331 e. The van der Waals surface area contributed by atoms with Crippen LogP contribution in [0.3, 0.4) is 0 Å². The van der Waals surface area contributed by atoms with Gasteiger partial charge in [-0.05, 0) is 56.6 Å². The summed E-state index contributed by atoms with van der Waals surface area (Å²) < 4.78 is 2.02. The molecule has 1 aromatic carbocycles. The molecule has 1 saturated heterocycles. The Balaban J connectivity index is 1.39. The molecule has 0 N–H and O–H groups in total. The number of hydrogen-bond acceptors (Lipinski definition) is 3. The Morgan fingerprint density at radius 2 is 1.73 bits per heavy atom. The molecule has 0 radical (unpaired) electrons. The second-order valence-electron chi connectivity index (χ2n) is 7.61. The van der Waals surface area contributed by atoms with E-state index in [0.29, 0.717) is 6.54 Å². The van der Waals surface area contributed by atoms with Crippen LogP contribution in [0.4, 0.5) is 0 Å². The summed E-state index contributed by atoms with van der Waals surface area (Å²) in [5, 5.41) is 4.47. The maximum Gasteiger partial charge on any atom is 0.254 e. The minimum atomic E-state index is 0.122. The Bertz CT molecular complexity index is 757. The van der Waals surface area contributed by atoms with E-state index in [4.69, 9.17) is 0 Å². The average molecular weight is 352 g/mol. The van der Waals surface area contributed by atoms with Crippen molar-refractivity contribution in [3.8, 4) is 0 Å². The van der Waals surface area contributed by atoms with Crippen molar-refractivity contribution in [2.45, 2.75) is 52.2 Å². The molecule has 4 rings (SSSR count). The molecular weight excluding hydrogens is 324 g/mol. The second kappa shape index (κ2) is 7.62. The van der Waals surface area contributed by atoms with Crippen LogP contribution in [0.2, 0.25) is 0 Å². The van der Waals surface area contributed by atoms with Gasteiger partial charge in [-0.3, -0.25) is 14.4 Å². The third-order valence-corrected chi connectivity index (χ3v) is 5.51. The Morgan fingerprint density at radius 3 is 2.46 bits per heavy atom. The molecular formula is C21H28N4O. The molecule has 1 amide bonds. The molecule has 0 unspecified atom stereocenters. The van der Waals surface area contributed by atoms with Gasteiger partial charge in [0.1, 0.15) is 0 Å². The van der Waals surface area contributed by atoms with E-state index in [1.807, 2.05) is 28.6 Å². The number of carbonyl (C=O) groups is 1. The van der Waals surface area contributed by atoms with Crippen molar-refractivity contribution < 1.29 is 4.79 Å². The van der Waals surface area contributed by atoms with Crippen LogP contribution in [0.25, 0.3) is 0 Å². The van der Waals surface area contributed by atoms with E-state index in [-0.39, 0.29) is 5.91 Å². The third-order valence-electron chi connectivity index (χ3n) is 5.51. The highest BCUT2D eigenvalue weighted by Crippen LogP contribution is 2.18. The Labute approximate surface area is 155 Å². The standard InChI is InChI=1S/C21H28N4O/c1-17-14-20-16-24(12-13-25(20)22-17)21(26)19-8-6-18(7-9-19)15-23-10-4-2-3-5-11-23/h6-9,14H,2-5,10-13,15-16H2,1H3. The van der Waals surface area contributed by atoms with Gasteiger partial charge in [0.2, 0.25) is 0 Å². The lowest BCUT2D eigenvalue weighted by molar-refractivity contribution is 0.0706. The molecule has 26 heavy (non-hydrogen) atoms. The molecule has 2 aliphatic rings. The van der Waals surface area contributed by atoms with E-state index in [1.54, 1.807) is 0 Å². The highest BCUT2D eigenvalue weighted by molar-refractivity contribution is 5.94. The van der Waals surface area contributed by atoms with Crippen LogP contribution in [0.15, 0.2) is 30.3 Å². The van der Waals surface area contributed by atoms with E-state index in [2.05, 4.69) is 28.2 Å². The van der Waals surface area contributed by atoms with E-state index >= 15 is 0 Å². The molecule has 0 bridgehead atoms. The molecule has 1 fully saturated rings. The number of benzene rings is 1.